The molecule has 3 nitrogen and oxygen atoms in total. The third-order valence-electron chi connectivity index (χ3n) is 4.25. The molecule has 1 aliphatic carbocycles. The van der Waals surface area contributed by atoms with Crippen molar-refractivity contribution in [2.75, 3.05) is 19.7 Å². The maximum atomic E-state index is 5.86. The topological polar surface area (TPSA) is 38.5 Å². The summed E-state index contributed by atoms with van der Waals surface area (Å²) >= 11 is 5.05. The van der Waals surface area contributed by atoms with Crippen LogP contribution in [0.15, 0.2) is 24.3 Å². The molecule has 116 valence electrons. The molecule has 0 spiro atoms. The van der Waals surface area contributed by atoms with Gasteiger partial charge < -0.3 is 15.4 Å². The van der Waals surface area contributed by atoms with E-state index in [0.29, 0.717) is 11.6 Å². The normalized spacial score (nSPS) is 15.5. The number of ether oxygens (including phenoxy) is 1. The molecule has 1 aromatic rings. The lowest BCUT2D eigenvalue weighted by atomic mass is 10.2. The predicted octanol–water partition coefficient (Wildman–Crippen LogP) is 3.35. The fourth-order valence-corrected chi connectivity index (χ4v) is 3.28. The Labute approximate surface area is 133 Å². The van der Waals surface area contributed by atoms with E-state index in [-0.39, 0.29) is 0 Å². The molecule has 21 heavy (non-hydrogen) atoms. The van der Waals surface area contributed by atoms with E-state index in [1.165, 1.54) is 25.7 Å². The molecule has 1 aromatic carbocycles. The van der Waals surface area contributed by atoms with Gasteiger partial charge in [-0.15, -0.1) is 0 Å². The lowest BCUT2D eigenvalue weighted by molar-refractivity contribution is 0.188. The highest BCUT2D eigenvalue weighted by atomic mass is 32.1. The van der Waals surface area contributed by atoms with Crippen molar-refractivity contribution < 1.29 is 4.74 Å². The van der Waals surface area contributed by atoms with E-state index in [1.54, 1.807) is 0 Å². The smallest absolute Gasteiger partial charge is 0.129 e. The summed E-state index contributed by atoms with van der Waals surface area (Å²) in [6.07, 6.45) is 6.53. The van der Waals surface area contributed by atoms with Gasteiger partial charge in [0.05, 0.1) is 12.2 Å². The van der Waals surface area contributed by atoms with Gasteiger partial charge in [-0.05, 0) is 37.9 Å². The summed E-state index contributed by atoms with van der Waals surface area (Å²) in [5.74, 6) is 0.800. The first-order valence-electron chi connectivity index (χ1n) is 7.98. The van der Waals surface area contributed by atoms with Gasteiger partial charge in [0, 0.05) is 12.6 Å². The summed E-state index contributed by atoms with van der Waals surface area (Å²) in [5.41, 5.74) is 6.54. The lowest BCUT2D eigenvalue weighted by Gasteiger charge is -2.27. The van der Waals surface area contributed by atoms with E-state index in [2.05, 4.69) is 11.8 Å². The lowest BCUT2D eigenvalue weighted by Crippen LogP contribution is -2.34. The van der Waals surface area contributed by atoms with Crippen LogP contribution in [0.4, 0.5) is 0 Å². The standard InChI is InChI=1S/C17H26N2OS/c1-2-19(14-8-3-4-9-14)12-7-13-20-16-11-6-5-10-15(16)17(18)21/h5-6,10-11,14H,2-4,7-9,12-13H2,1H3,(H2,18,21). The van der Waals surface area contributed by atoms with Gasteiger partial charge in [0.2, 0.25) is 0 Å². The second kappa shape index (κ2) is 8.35. The Morgan fingerprint density at radius 3 is 2.71 bits per heavy atom. The number of para-hydroxylation sites is 1. The Morgan fingerprint density at radius 1 is 1.33 bits per heavy atom. The molecular formula is C17H26N2OS. The van der Waals surface area contributed by atoms with Gasteiger partial charge >= 0.3 is 0 Å². The third kappa shape index (κ3) is 4.68. The first-order chi connectivity index (χ1) is 10.2. The maximum absolute atomic E-state index is 5.86. The number of hydrogen-bond donors (Lipinski definition) is 1. The highest BCUT2D eigenvalue weighted by molar-refractivity contribution is 7.80. The molecule has 0 aromatic heterocycles. The summed E-state index contributed by atoms with van der Waals surface area (Å²) in [4.78, 5) is 2.99. The third-order valence-corrected chi connectivity index (χ3v) is 4.47. The van der Waals surface area contributed by atoms with Crippen LogP contribution in [0, 0.1) is 0 Å². The first kappa shape index (κ1) is 16.2. The van der Waals surface area contributed by atoms with E-state index < -0.39 is 0 Å². The van der Waals surface area contributed by atoms with Gasteiger partial charge in [0.1, 0.15) is 10.7 Å². The Bertz CT molecular complexity index is 458. The van der Waals surface area contributed by atoms with Gasteiger partial charge in [0.25, 0.3) is 0 Å². The quantitative estimate of drug-likeness (QED) is 0.590. The van der Waals surface area contributed by atoms with Gasteiger partial charge in [-0.2, -0.15) is 0 Å². The van der Waals surface area contributed by atoms with E-state index in [4.69, 9.17) is 22.7 Å². The predicted molar refractivity (Wildman–Crippen MR) is 91.9 cm³/mol. The SMILES string of the molecule is CCN(CCCOc1ccccc1C(N)=S)C1CCCC1. The van der Waals surface area contributed by atoms with Crippen LogP contribution in [0.3, 0.4) is 0 Å². The zero-order chi connectivity index (χ0) is 15.1. The van der Waals surface area contributed by atoms with Crippen LogP contribution >= 0.6 is 12.2 Å². The molecule has 0 saturated heterocycles. The number of nitrogens with two attached hydrogens (primary N) is 1. The van der Waals surface area contributed by atoms with Crippen LogP contribution in [0.5, 0.6) is 5.75 Å². The molecule has 0 heterocycles. The van der Waals surface area contributed by atoms with Crippen LogP contribution in [0.25, 0.3) is 0 Å². The molecule has 4 heteroatoms. The number of rotatable bonds is 8. The summed E-state index contributed by atoms with van der Waals surface area (Å²) in [6, 6.07) is 8.52. The second-order valence-corrected chi connectivity index (χ2v) is 6.07. The van der Waals surface area contributed by atoms with E-state index in [1.807, 2.05) is 24.3 Å². The average molecular weight is 306 g/mol. The van der Waals surface area contributed by atoms with Gasteiger partial charge in [-0.3, -0.25) is 0 Å². The van der Waals surface area contributed by atoms with E-state index in [9.17, 15) is 0 Å². The zero-order valence-electron chi connectivity index (χ0n) is 12.9. The molecule has 0 aliphatic heterocycles. The van der Waals surface area contributed by atoms with Gasteiger partial charge in [-0.25, -0.2) is 0 Å². The molecule has 1 saturated carbocycles. The minimum atomic E-state index is 0.395. The molecule has 0 bridgehead atoms. The molecule has 2 rings (SSSR count). The van der Waals surface area contributed by atoms with Crippen molar-refractivity contribution in [2.24, 2.45) is 5.73 Å². The number of nitrogens with zero attached hydrogens (tertiary/aromatic N) is 1. The van der Waals surface area contributed by atoms with Gasteiger partial charge in [0.15, 0.2) is 0 Å². The summed E-state index contributed by atoms with van der Waals surface area (Å²) in [6.45, 7) is 5.20. The van der Waals surface area contributed by atoms with Crippen molar-refractivity contribution in [1.82, 2.24) is 4.90 Å². The molecule has 0 radical (unpaired) electrons. The molecule has 1 aliphatic rings. The van der Waals surface area contributed by atoms with Crippen LogP contribution in [0.2, 0.25) is 0 Å². The molecule has 2 N–H and O–H groups in total. The Morgan fingerprint density at radius 2 is 2.05 bits per heavy atom. The largest absolute Gasteiger partial charge is 0.493 e. The molecule has 0 amide bonds. The van der Waals surface area contributed by atoms with Crippen LogP contribution in [-0.4, -0.2) is 35.6 Å². The van der Waals surface area contributed by atoms with Crippen molar-refractivity contribution in [3.63, 3.8) is 0 Å². The van der Waals surface area contributed by atoms with Crippen molar-refractivity contribution >= 4 is 17.2 Å². The minimum absolute atomic E-state index is 0.395. The van der Waals surface area contributed by atoms with Crippen LogP contribution in [0.1, 0.15) is 44.6 Å². The van der Waals surface area contributed by atoms with Crippen molar-refractivity contribution in [3.05, 3.63) is 29.8 Å². The first-order valence-corrected chi connectivity index (χ1v) is 8.39. The Hall–Kier alpha value is -1.13. The molecule has 0 atom stereocenters. The highest BCUT2D eigenvalue weighted by Gasteiger charge is 2.20. The van der Waals surface area contributed by atoms with Crippen molar-refractivity contribution in [3.8, 4) is 5.75 Å². The average Bonchev–Trinajstić information content (AvgIpc) is 3.01. The molecular weight excluding hydrogens is 280 g/mol. The fraction of sp³-hybridized carbons (Fsp3) is 0.588. The maximum Gasteiger partial charge on any atom is 0.129 e. The highest BCUT2D eigenvalue weighted by Crippen LogP contribution is 2.23. The summed E-state index contributed by atoms with van der Waals surface area (Å²) in [7, 11) is 0. The number of thiocarbonyl (C=S) groups is 1. The zero-order valence-corrected chi connectivity index (χ0v) is 13.7. The van der Waals surface area contributed by atoms with Crippen molar-refractivity contribution in [1.29, 1.82) is 0 Å². The molecule has 0 unspecified atom stereocenters. The summed E-state index contributed by atoms with van der Waals surface area (Å²) < 4.78 is 5.86. The fourth-order valence-electron chi connectivity index (χ4n) is 3.11. The Kier molecular flexibility index (Phi) is 6.46. The van der Waals surface area contributed by atoms with Crippen LogP contribution < -0.4 is 10.5 Å². The second-order valence-electron chi connectivity index (χ2n) is 5.63. The van der Waals surface area contributed by atoms with Crippen molar-refractivity contribution in [2.45, 2.75) is 45.1 Å². The van der Waals surface area contributed by atoms with E-state index >= 15 is 0 Å². The molecule has 1 fully saturated rings. The summed E-state index contributed by atoms with van der Waals surface area (Å²) in [5, 5.41) is 0. The Balaban J connectivity index is 1.77. The van der Waals surface area contributed by atoms with Gasteiger partial charge in [-0.1, -0.05) is 44.1 Å². The van der Waals surface area contributed by atoms with E-state index in [0.717, 1.165) is 36.9 Å². The monoisotopic (exact) mass is 306 g/mol. The van der Waals surface area contributed by atoms with Crippen LogP contribution in [-0.2, 0) is 0 Å². The minimum Gasteiger partial charge on any atom is -0.493 e. The number of benzene rings is 1. The number of hydrogen-bond acceptors (Lipinski definition) is 3.